The Kier molecular flexibility index (Phi) is 6.49. The number of hydrogen-bond acceptors (Lipinski definition) is 3. The lowest BCUT2D eigenvalue weighted by Gasteiger charge is -2.07. The number of methoxy groups -OCH3 is 1. The standard InChI is InChI=1S/C14H19FN2O3/c1-3-7-16-13(18)6-8-17-14(19)11-5-4-10(20-2)9-12(11)15/h4-5,9H,3,6-8H2,1-2H3,(H,16,18)(H,17,19). The maximum atomic E-state index is 13.6. The predicted octanol–water partition coefficient (Wildman–Crippen LogP) is 1.48. The van der Waals surface area contributed by atoms with E-state index in [2.05, 4.69) is 10.6 Å². The molecule has 2 N–H and O–H groups in total. The molecule has 2 amide bonds. The summed E-state index contributed by atoms with van der Waals surface area (Å²) in [4.78, 5) is 23.1. The average Bonchev–Trinajstić information content (AvgIpc) is 2.44. The second-order valence-electron chi connectivity index (χ2n) is 4.20. The van der Waals surface area contributed by atoms with Crippen molar-refractivity contribution in [3.05, 3.63) is 29.6 Å². The van der Waals surface area contributed by atoms with Crippen LogP contribution in [0.4, 0.5) is 4.39 Å². The molecule has 0 spiro atoms. The Morgan fingerprint density at radius 1 is 1.25 bits per heavy atom. The van der Waals surface area contributed by atoms with Crippen molar-refractivity contribution >= 4 is 11.8 Å². The number of nitrogens with one attached hydrogen (secondary N) is 2. The van der Waals surface area contributed by atoms with Crippen LogP contribution < -0.4 is 15.4 Å². The van der Waals surface area contributed by atoms with Gasteiger partial charge in [-0.3, -0.25) is 9.59 Å². The third kappa shape index (κ3) is 4.87. The van der Waals surface area contributed by atoms with Crippen molar-refractivity contribution in [3.8, 4) is 5.75 Å². The molecule has 0 aliphatic carbocycles. The number of carbonyl (C=O) groups excluding carboxylic acids is 2. The highest BCUT2D eigenvalue weighted by atomic mass is 19.1. The van der Waals surface area contributed by atoms with Gasteiger partial charge in [-0.1, -0.05) is 6.92 Å². The van der Waals surface area contributed by atoms with Gasteiger partial charge in [-0.05, 0) is 18.6 Å². The Morgan fingerprint density at radius 3 is 2.60 bits per heavy atom. The molecule has 0 aromatic heterocycles. The summed E-state index contributed by atoms with van der Waals surface area (Å²) in [7, 11) is 1.42. The Hall–Kier alpha value is -2.11. The minimum absolute atomic E-state index is 0.0697. The van der Waals surface area contributed by atoms with Gasteiger partial charge >= 0.3 is 0 Å². The van der Waals surface area contributed by atoms with Crippen molar-refractivity contribution in [3.63, 3.8) is 0 Å². The van der Waals surface area contributed by atoms with Crippen molar-refractivity contribution in [2.75, 3.05) is 20.2 Å². The van der Waals surface area contributed by atoms with Gasteiger partial charge in [-0.25, -0.2) is 4.39 Å². The Balaban J connectivity index is 2.45. The van der Waals surface area contributed by atoms with E-state index in [1.165, 1.54) is 19.2 Å². The molecule has 0 saturated heterocycles. The topological polar surface area (TPSA) is 67.4 Å². The average molecular weight is 282 g/mol. The van der Waals surface area contributed by atoms with E-state index in [1.54, 1.807) is 0 Å². The third-order valence-electron chi connectivity index (χ3n) is 2.63. The number of halogens is 1. The van der Waals surface area contributed by atoms with Crippen molar-refractivity contribution < 1.29 is 18.7 Å². The lowest BCUT2D eigenvalue weighted by molar-refractivity contribution is -0.120. The van der Waals surface area contributed by atoms with Crippen LogP contribution >= 0.6 is 0 Å². The molecular weight excluding hydrogens is 263 g/mol. The molecule has 0 unspecified atom stereocenters. The second-order valence-corrected chi connectivity index (χ2v) is 4.20. The Morgan fingerprint density at radius 2 is 2.00 bits per heavy atom. The monoisotopic (exact) mass is 282 g/mol. The van der Waals surface area contributed by atoms with Crippen LogP contribution in [0.3, 0.4) is 0 Å². The van der Waals surface area contributed by atoms with Crippen LogP contribution in [-0.4, -0.2) is 32.0 Å². The van der Waals surface area contributed by atoms with Crippen molar-refractivity contribution in [2.45, 2.75) is 19.8 Å². The molecule has 0 aliphatic heterocycles. The molecule has 0 aliphatic rings. The van der Waals surface area contributed by atoms with Gasteiger partial charge in [0.05, 0.1) is 12.7 Å². The zero-order valence-electron chi connectivity index (χ0n) is 11.7. The van der Waals surface area contributed by atoms with E-state index in [0.717, 1.165) is 12.5 Å². The summed E-state index contributed by atoms with van der Waals surface area (Å²) < 4.78 is 18.5. The summed E-state index contributed by atoms with van der Waals surface area (Å²) in [6.45, 7) is 2.73. The van der Waals surface area contributed by atoms with Crippen LogP contribution in [0.1, 0.15) is 30.1 Å². The first-order valence-corrected chi connectivity index (χ1v) is 6.47. The third-order valence-corrected chi connectivity index (χ3v) is 2.63. The maximum Gasteiger partial charge on any atom is 0.254 e. The molecule has 1 aromatic carbocycles. The van der Waals surface area contributed by atoms with Gasteiger partial charge in [0.1, 0.15) is 11.6 Å². The fraction of sp³-hybridized carbons (Fsp3) is 0.429. The fourth-order valence-corrected chi connectivity index (χ4v) is 1.54. The SMILES string of the molecule is CCCNC(=O)CCNC(=O)c1ccc(OC)cc1F. The summed E-state index contributed by atoms with van der Waals surface area (Å²) in [6, 6.07) is 4.00. The zero-order valence-corrected chi connectivity index (χ0v) is 11.7. The first-order valence-electron chi connectivity index (χ1n) is 6.47. The van der Waals surface area contributed by atoms with E-state index in [1.807, 2.05) is 6.92 Å². The number of benzene rings is 1. The first kappa shape index (κ1) is 15.9. The quantitative estimate of drug-likeness (QED) is 0.796. The maximum absolute atomic E-state index is 13.6. The largest absolute Gasteiger partial charge is 0.497 e. The molecule has 5 nitrogen and oxygen atoms in total. The van der Waals surface area contributed by atoms with Crippen LogP contribution in [0.2, 0.25) is 0 Å². The lowest BCUT2D eigenvalue weighted by Crippen LogP contribution is -2.31. The van der Waals surface area contributed by atoms with Gasteiger partial charge in [0.25, 0.3) is 5.91 Å². The molecule has 1 aromatic rings. The summed E-state index contributed by atoms with van der Waals surface area (Å²) >= 11 is 0. The van der Waals surface area contributed by atoms with Crippen molar-refractivity contribution in [2.24, 2.45) is 0 Å². The van der Waals surface area contributed by atoms with Gasteiger partial charge < -0.3 is 15.4 Å². The molecule has 0 bridgehead atoms. The highest BCUT2D eigenvalue weighted by Gasteiger charge is 2.12. The summed E-state index contributed by atoms with van der Waals surface area (Å²) in [5.74, 6) is -0.994. The molecule has 0 heterocycles. The smallest absolute Gasteiger partial charge is 0.254 e. The Labute approximate surface area is 117 Å². The van der Waals surface area contributed by atoms with Crippen molar-refractivity contribution in [1.29, 1.82) is 0 Å². The van der Waals surface area contributed by atoms with Crippen LogP contribution in [0.25, 0.3) is 0 Å². The molecule has 20 heavy (non-hydrogen) atoms. The number of rotatable bonds is 7. The minimum Gasteiger partial charge on any atom is -0.497 e. The van der Waals surface area contributed by atoms with E-state index in [0.29, 0.717) is 12.3 Å². The van der Waals surface area contributed by atoms with Crippen LogP contribution in [0, 0.1) is 5.82 Å². The molecule has 6 heteroatoms. The number of amides is 2. The van der Waals surface area contributed by atoms with E-state index in [-0.39, 0.29) is 24.4 Å². The van der Waals surface area contributed by atoms with Gasteiger partial charge in [0.15, 0.2) is 0 Å². The number of hydrogen-bond donors (Lipinski definition) is 2. The fourth-order valence-electron chi connectivity index (χ4n) is 1.54. The highest BCUT2D eigenvalue weighted by molar-refractivity contribution is 5.94. The summed E-state index contributed by atoms with van der Waals surface area (Å²) in [6.07, 6.45) is 1.03. The van der Waals surface area contributed by atoms with Gasteiger partial charge in [0.2, 0.25) is 5.91 Å². The van der Waals surface area contributed by atoms with Gasteiger partial charge in [0, 0.05) is 25.6 Å². The molecule has 0 radical (unpaired) electrons. The predicted molar refractivity (Wildman–Crippen MR) is 73.2 cm³/mol. The molecule has 110 valence electrons. The molecule has 0 saturated carbocycles. The first-order chi connectivity index (χ1) is 9.58. The van der Waals surface area contributed by atoms with E-state index < -0.39 is 11.7 Å². The highest BCUT2D eigenvalue weighted by Crippen LogP contribution is 2.15. The Bertz CT molecular complexity index is 477. The zero-order chi connectivity index (χ0) is 15.0. The normalized spacial score (nSPS) is 9.95. The molecular formula is C14H19FN2O3. The van der Waals surface area contributed by atoms with Gasteiger partial charge in [-0.15, -0.1) is 0 Å². The van der Waals surface area contributed by atoms with Crippen molar-refractivity contribution in [1.82, 2.24) is 10.6 Å². The van der Waals surface area contributed by atoms with E-state index in [9.17, 15) is 14.0 Å². The van der Waals surface area contributed by atoms with Gasteiger partial charge in [-0.2, -0.15) is 0 Å². The molecule has 1 rings (SSSR count). The molecule has 0 fully saturated rings. The minimum atomic E-state index is -0.655. The second kappa shape index (κ2) is 8.14. The summed E-state index contributed by atoms with van der Waals surface area (Å²) in [5.41, 5.74) is -0.0697. The van der Waals surface area contributed by atoms with E-state index >= 15 is 0 Å². The molecule has 0 atom stereocenters. The van der Waals surface area contributed by atoms with Crippen LogP contribution in [-0.2, 0) is 4.79 Å². The number of carbonyl (C=O) groups is 2. The number of ether oxygens (including phenoxy) is 1. The van der Waals surface area contributed by atoms with Crippen LogP contribution in [0.15, 0.2) is 18.2 Å². The summed E-state index contributed by atoms with van der Waals surface area (Å²) in [5, 5.41) is 5.20. The lowest BCUT2D eigenvalue weighted by atomic mass is 10.2. The van der Waals surface area contributed by atoms with Crippen LogP contribution in [0.5, 0.6) is 5.75 Å². The van der Waals surface area contributed by atoms with E-state index in [4.69, 9.17) is 4.74 Å².